The molecule has 0 spiro atoms. The predicted molar refractivity (Wildman–Crippen MR) is 76.4 cm³/mol. The Labute approximate surface area is 121 Å². The number of urea groups is 1. The van der Waals surface area contributed by atoms with Crippen LogP contribution in [0.3, 0.4) is 0 Å². The standard InChI is InChI=1S/C14H17N3O4/c1-9-4-2-5-10(13(19)20)12(9)16-14(21)17-7-3-6-15-11(18)8-17/h2,4-5H,3,6-8H2,1H3,(H,15,18)(H,16,21)(H,19,20). The number of carbonyl (C=O) groups is 3. The SMILES string of the molecule is Cc1cccc(C(=O)O)c1NC(=O)N1CCCNC(=O)C1. The molecule has 0 radical (unpaired) electrons. The minimum absolute atomic E-state index is 0.0277. The number of nitrogens with zero attached hydrogens (tertiary/aromatic N) is 1. The summed E-state index contributed by atoms with van der Waals surface area (Å²) in [6.45, 7) is 2.67. The van der Waals surface area contributed by atoms with Gasteiger partial charge in [0, 0.05) is 13.1 Å². The molecule has 0 bridgehead atoms. The third-order valence-electron chi connectivity index (χ3n) is 3.28. The van der Waals surface area contributed by atoms with Crippen molar-refractivity contribution in [2.45, 2.75) is 13.3 Å². The molecule has 7 heteroatoms. The zero-order valence-corrected chi connectivity index (χ0v) is 11.7. The van der Waals surface area contributed by atoms with Crippen molar-refractivity contribution >= 4 is 23.6 Å². The van der Waals surface area contributed by atoms with Crippen molar-refractivity contribution in [1.29, 1.82) is 0 Å². The number of carbonyl (C=O) groups excluding carboxylic acids is 2. The van der Waals surface area contributed by atoms with E-state index in [1.54, 1.807) is 19.1 Å². The van der Waals surface area contributed by atoms with Crippen molar-refractivity contribution in [3.05, 3.63) is 29.3 Å². The Morgan fingerprint density at radius 1 is 1.38 bits per heavy atom. The summed E-state index contributed by atoms with van der Waals surface area (Å²) >= 11 is 0. The third kappa shape index (κ3) is 3.50. The van der Waals surface area contributed by atoms with Crippen LogP contribution in [0.5, 0.6) is 0 Å². The average molecular weight is 291 g/mol. The molecule has 0 atom stereocenters. The molecular weight excluding hydrogens is 274 g/mol. The van der Waals surface area contributed by atoms with Gasteiger partial charge < -0.3 is 20.6 Å². The summed E-state index contributed by atoms with van der Waals surface area (Å²) in [6, 6.07) is 4.30. The molecule has 3 amide bonds. The van der Waals surface area contributed by atoms with Crippen molar-refractivity contribution in [2.24, 2.45) is 0 Å². The van der Waals surface area contributed by atoms with Crippen LogP contribution in [0, 0.1) is 6.92 Å². The lowest BCUT2D eigenvalue weighted by Crippen LogP contribution is -2.40. The van der Waals surface area contributed by atoms with Crippen molar-refractivity contribution < 1.29 is 19.5 Å². The summed E-state index contributed by atoms with van der Waals surface area (Å²) in [4.78, 5) is 36.3. The molecule has 112 valence electrons. The van der Waals surface area contributed by atoms with Gasteiger partial charge in [0.15, 0.2) is 0 Å². The third-order valence-corrected chi connectivity index (χ3v) is 3.28. The number of hydrogen-bond donors (Lipinski definition) is 3. The van der Waals surface area contributed by atoms with Gasteiger partial charge in [0.25, 0.3) is 0 Å². The van der Waals surface area contributed by atoms with E-state index < -0.39 is 12.0 Å². The first kappa shape index (κ1) is 14.8. The van der Waals surface area contributed by atoms with E-state index in [-0.39, 0.29) is 23.7 Å². The number of hydrogen-bond acceptors (Lipinski definition) is 3. The van der Waals surface area contributed by atoms with Crippen LogP contribution in [0.15, 0.2) is 18.2 Å². The van der Waals surface area contributed by atoms with Crippen LogP contribution in [0.25, 0.3) is 0 Å². The second-order valence-corrected chi connectivity index (χ2v) is 4.86. The normalized spacial score (nSPS) is 15.1. The lowest BCUT2D eigenvalue weighted by Gasteiger charge is -2.21. The van der Waals surface area contributed by atoms with Crippen LogP contribution in [-0.4, -0.2) is 47.5 Å². The van der Waals surface area contributed by atoms with Crippen LogP contribution in [-0.2, 0) is 4.79 Å². The van der Waals surface area contributed by atoms with Crippen LogP contribution in [0.2, 0.25) is 0 Å². The van der Waals surface area contributed by atoms with E-state index in [9.17, 15) is 19.5 Å². The van der Waals surface area contributed by atoms with Gasteiger partial charge in [0.05, 0.1) is 11.3 Å². The summed E-state index contributed by atoms with van der Waals surface area (Å²) in [6.07, 6.45) is 0.665. The maximum Gasteiger partial charge on any atom is 0.337 e. The molecule has 0 aliphatic carbocycles. The first-order valence-electron chi connectivity index (χ1n) is 6.64. The molecule has 1 aromatic carbocycles. The molecule has 2 rings (SSSR count). The lowest BCUT2D eigenvalue weighted by atomic mass is 10.1. The van der Waals surface area contributed by atoms with Gasteiger partial charge in [-0.2, -0.15) is 0 Å². The van der Waals surface area contributed by atoms with Crippen LogP contribution >= 0.6 is 0 Å². The number of carboxylic acid groups (broad SMARTS) is 1. The molecule has 0 unspecified atom stereocenters. The summed E-state index contributed by atoms with van der Waals surface area (Å²) in [7, 11) is 0. The fourth-order valence-electron chi connectivity index (χ4n) is 2.18. The first-order valence-corrected chi connectivity index (χ1v) is 6.64. The molecule has 0 saturated carbocycles. The maximum atomic E-state index is 12.2. The molecule has 21 heavy (non-hydrogen) atoms. The molecule has 1 saturated heterocycles. The fourth-order valence-corrected chi connectivity index (χ4v) is 2.18. The van der Waals surface area contributed by atoms with Gasteiger partial charge in [-0.25, -0.2) is 9.59 Å². The highest BCUT2D eigenvalue weighted by molar-refractivity contribution is 6.01. The summed E-state index contributed by atoms with van der Waals surface area (Å²) in [5, 5.41) is 14.5. The van der Waals surface area contributed by atoms with E-state index in [1.807, 2.05) is 0 Å². The Morgan fingerprint density at radius 3 is 2.86 bits per heavy atom. The first-order chi connectivity index (χ1) is 9.99. The topological polar surface area (TPSA) is 98.7 Å². The van der Waals surface area contributed by atoms with Crippen molar-refractivity contribution in [2.75, 3.05) is 25.0 Å². The van der Waals surface area contributed by atoms with E-state index in [0.29, 0.717) is 25.1 Å². The van der Waals surface area contributed by atoms with Crippen LogP contribution < -0.4 is 10.6 Å². The molecule has 3 N–H and O–H groups in total. The van der Waals surface area contributed by atoms with Crippen molar-refractivity contribution in [1.82, 2.24) is 10.2 Å². The number of carboxylic acids is 1. The number of para-hydroxylation sites is 1. The van der Waals surface area contributed by atoms with Crippen LogP contribution in [0.4, 0.5) is 10.5 Å². The summed E-state index contributed by atoms with van der Waals surface area (Å²) in [5.41, 5.74) is 0.949. The Kier molecular flexibility index (Phi) is 4.42. The molecule has 0 aromatic heterocycles. The Balaban J connectivity index is 2.19. The highest BCUT2D eigenvalue weighted by atomic mass is 16.4. The van der Waals surface area contributed by atoms with Gasteiger partial charge in [-0.3, -0.25) is 4.79 Å². The highest BCUT2D eigenvalue weighted by Crippen LogP contribution is 2.21. The van der Waals surface area contributed by atoms with Gasteiger partial charge in [0.2, 0.25) is 5.91 Å². The Bertz CT molecular complexity index is 586. The summed E-state index contributed by atoms with van der Waals surface area (Å²) in [5.74, 6) is -1.33. The zero-order chi connectivity index (χ0) is 15.4. The van der Waals surface area contributed by atoms with Crippen LogP contribution in [0.1, 0.15) is 22.3 Å². The smallest absolute Gasteiger partial charge is 0.337 e. The van der Waals surface area contributed by atoms with Gasteiger partial charge in [0.1, 0.15) is 6.54 Å². The summed E-state index contributed by atoms with van der Waals surface area (Å²) < 4.78 is 0. The van der Waals surface area contributed by atoms with Gasteiger partial charge >= 0.3 is 12.0 Å². The number of aryl methyl sites for hydroxylation is 1. The molecule has 7 nitrogen and oxygen atoms in total. The lowest BCUT2D eigenvalue weighted by molar-refractivity contribution is -0.120. The van der Waals surface area contributed by atoms with Gasteiger partial charge in [-0.1, -0.05) is 12.1 Å². The molecule has 1 aliphatic heterocycles. The number of nitrogens with one attached hydrogen (secondary N) is 2. The van der Waals surface area contributed by atoms with Gasteiger partial charge in [-0.05, 0) is 25.0 Å². The highest BCUT2D eigenvalue weighted by Gasteiger charge is 2.22. The molecule has 1 aliphatic rings. The average Bonchev–Trinajstić information content (AvgIpc) is 2.65. The number of amides is 3. The van der Waals surface area contributed by atoms with E-state index in [4.69, 9.17) is 0 Å². The molecule has 1 aromatic rings. The molecule has 1 fully saturated rings. The second kappa shape index (κ2) is 6.25. The zero-order valence-electron chi connectivity index (χ0n) is 11.7. The molecular formula is C14H17N3O4. The fraction of sp³-hybridized carbons (Fsp3) is 0.357. The number of benzene rings is 1. The van der Waals surface area contributed by atoms with Gasteiger partial charge in [-0.15, -0.1) is 0 Å². The van der Waals surface area contributed by atoms with E-state index >= 15 is 0 Å². The number of rotatable bonds is 2. The second-order valence-electron chi connectivity index (χ2n) is 4.86. The predicted octanol–water partition coefficient (Wildman–Crippen LogP) is 1.05. The largest absolute Gasteiger partial charge is 0.478 e. The monoisotopic (exact) mass is 291 g/mol. The van der Waals surface area contributed by atoms with E-state index in [0.717, 1.165) is 0 Å². The molecule has 1 heterocycles. The Hall–Kier alpha value is -2.57. The van der Waals surface area contributed by atoms with Crippen molar-refractivity contribution in [3.63, 3.8) is 0 Å². The van der Waals surface area contributed by atoms with Crippen molar-refractivity contribution in [3.8, 4) is 0 Å². The number of aromatic carboxylic acids is 1. The quantitative estimate of drug-likeness (QED) is 0.758. The number of anilines is 1. The van der Waals surface area contributed by atoms with E-state index in [1.165, 1.54) is 11.0 Å². The minimum atomic E-state index is -1.11. The van der Waals surface area contributed by atoms with E-state index in [2.05, 4.69) is 10.6 Å². The maximum absolute atomic E-state index is 12.2. The Morgan fingerprint density at radius 2 is 2.14 bits per heavy atom. The minimum Gasteiger partial charge on any atom is -0.478 e.